The molecule has 0 amide bonds. The van der Waals surface area contributed by atoms with Crippen LogP contribution in [0.1, 0.15) is 19.4 Å². The summed E-state index contributed by atoms with van der Waals surface area (Å²) >= 11 is 0. The first-order valence-electron chi connectivity index (χ1n) is 5.85. The molecule has 0 aliphatic carbocycles. The molecule has 0 radical (unpaired) electrons. The first-order valence-corrected chi connectivity index (χ1v) is 5.85. The fraction of sp³-hybridized carbons (Fsp3) is 0.538. The molecule has 0 heterocycles. The predicted molar refractivity (Wildman–Crippen MR) is 65.6 cm³/mol. The molecule has 0 fully saturated rings. The first-order chi connectivity index (χ1) is 7.80. The van der Waals surface area contributed by atoms with Crippen LogP contribution >= 0.6 is 0 Å². The first kappa shape index (κ1) is 13.0. The van der Waals surface area contributed by atoms with Crippen molar-refractivity contribution in [2.24, 2.45) is 0 Å². The van der Waals surface area contributed by atoms with E-state index in [1.807, 2.05) is 19.1 Å². The second-order valence-electron chi connectivity index (χ2n) is 3.67. The maximum absolute atomic E-state index is 8.92. The van der Waals surface area contributed by atoms with E-state index in [-0.39, 0.29) is 6.61 Å². The van der Waals surface area contributed by atoms with Gasteiger partial charge in [-0.25, -0.2) is 0 Å². The number of aliphatic hydroxyl groups excluding tert-OH is 1. The molecular weight excluding hydrogens is 202 g/mol. The molecule has 3 nitrogen and oxygen atoms in total. The van der Waals surface area contributed by atoms with Crippen molar-refractivity contribution in [1.29, 1.82) is 0 Å². The molecule has 1 N–H and O–H groups in total. The molecule has 0 saturated carbocycles. The van der Waals surface area contributed by atoms with Crippen LogP contribution in [0.3, 0.4) is 0 Å². The largest absolute Gasteiger partial charge is 0.494 e. The van der Waals surface area contributed by atoms with E-state index in [0.29, 0.717) is 6.61 Å². The third kappa shape index (κ3) is 4.21. The van der Waals surface area contributed by atoms with Crippen LogP contribution in [0.15, 0.2) is 24.3 Å². The maximum atomic E-state index is 8.92. The Morgan fingerprint density at radius 2 is 2.12 bits per heavy atom. The van der Waals surface area contributed by atoms with Gasteiger partial charge in [0.25, 0.3) is 0 Å². The van der Waals surface area contributed by atoms with Crippen molar-refractivity contribution in [2.75, 3.05) is 26.3 Å². The van der Waals surface area contributed by atoms with Gasteiger partial charge >= 0.3 is 0 Å². The van der Waals surface area contributed by atoms with E-state index in [1.54, 1.807) is 0 Å². The Balaban J connectivity index is 2.60. The van der Waals surface area contributed by atoms with E-state index >= 15 is 0 Å². The van der Waals surface area contributed by atoms with Gasteiger partial charge in [-0.1, -0.05) is 19.1 Å². The Bertz CT molecular complexity index is 302. The lowest BCUT2D eigenvalue weighted by atomic mass is 10.2. The van der Waals surface area contributed by atoms with Crippen molar-refractivity contribution in [3.63, 3.8) is 0 Å². The molecule has 0 bridgehead atoms. The molecule has 3 heteroatoms. The predicted octanol–water partition coefficient (Wildman–Crippen LogP) is 1.90. The highest BCUT2D eigenvalue weighted by atomic mass is 16.5. The summed E-state index contributed by atoms with van der Waals surface area (Å²) in [6.07, 6.45) is 0. The molecule has 0 aliphatic heterocycles. The highest BCUT2D eigenvalue weighted by Crippen LogP contribution is 2.14. The number of likely N-dealkylation sites (N-methyl/N-ethyl adjacent to an activating group) is 1. The third-order valence-electron chi connectivity index (χ3n) is 2.48. The molecule has 1 aromatic carbocycles. The van der Waals surface area contributed by atoms with Gasteiger partial charge in [0.05, 0.1) is 13.2 Å². The number of rotatable bonds is 7. The molecule has 1 rings (SSSR count). The van der Waals surface area contributed by atoms with Gasteiger partial charge in [0.1, 0.15) is 5.75 Å². The molecule has 0 saturated heterocycles. The Hall–Kier alpha value is -1.06. The highest BCUT2D eigenvalue weighted by Gasteiger charge is 2.03. The van der Waals surface area contributed by atoms with E-state index in [1.165, 1.54) is 5.56 Å². The average molecular weight is 223 g/mol. The summed E-state index contributed by atoms with van der Waals surface area (Å²) in [5, 5.41) is 8.92. The van der Waals surface area contributed by atoms with Crippen molar-refractivity contribution < 1.29 is 9.84 Å². The summed E-state index contributed by atoms with van der Waals surface area (Å²) in [5.74, 6) is 0.917. The topological polar surface area (TPSA) is 32.7 Å². The Labute approximate surface area is 97.7 Å². The highest BCUT2D eigenvalue weighted by molar-refractivity contribution is 5.28. The Kier molecular flexibility index (Phi) is 5.90. The van der Waals surface area contributed by atoms with Crippen LogP contribution in [0.2, 0.25) is 0 Å². The second kappa shape index (κ2) is 7.25. The molecule has 1 aromatic rings. The summed E-state index contributed by atoms with van der Waals surface area (Å²) in [5.41, 5.74) is 1.22. The molecule has 0 unspecified atom stereocenters. The third-order valence-corrected chi connectivity index (χ3v) is 2.48. The van der Waals surface area contributed by atoms with Gasteiger partial charge in [-0.3, -0.25) is 4.90 Å². The van der Waals surface area contributed by atoms with Crippen molar-refractivity contribution in [3.05, 3.63) is 29.8 Å². The fourth-order valence-electron chi connectivity index (χ4n) is 1.65. The molecular formula is C13H21NO2. The minimum Gasteiger partial charge on any atom is -0.494 e. The Morgan fingerprint density at radius 3 is 2.75 bits per heavy atom. The number of benzene rings is 1. The van der Waals surface area contributed by atoms with Crippen LogP contribution in [0.5, 0.6) is 5.75 Å². The van der Waals surface area contributed by atoms with Crippen LogP contribution in [0.25, 0.3) is 0 Å². The number of hydrogen-bond donors (Lipinski definition) is 1. The minimum atomic E-state index is 0.207. The molecule has 90 valence electrons. The van der Waals surface area contributed by atoms with E-state index in [9.17, 15) is 0 Å². The van der Waals surface area contributed by atoms with Gasteiger partial charge in [-0.15, -0.1) is 0 Å². The second-order valence-corrected chi connectivity index (χ2v) is 3.67. The van der Waals surface area contributed by atoms with Crippen LogP contribution in [-0.2, 0) is 6.54 Å². The smallest absolute Gasteiger partial charge is 0.119 e. The zero-order valence-corrected chi connectivity index (χ0v) is 10.1. The monoisotopic (exact) mass is 223 g/mol. The van der Waals surface area contributed by atoms with Gasteiger partial charge < -0.3 is 9.84 Å². The van der Waals surface area contributed by atoms with E-state index in [0.717, 1.165) is 25.4 Å². The summed E-state index contributed by atoms with van der Waals surface area (Å²) in [6.45, 7) is 7.50. The standard InChI is InChI=1S/C13H21NO2/c1-3-14(8-9-15)11-12-6-5-7-13(10-12)16-4-2/h5-7,10,15H,3-4,8-9,11H2,1-2H3. The minimum absolute atomic E-state index is 0.207. The van der Waals surface area contributed by atoms with Gasteiger partial charge in [-0.2, -0.15) is 0 Å². The number of hydrogen-bond acceptors (Lipinski definition) is 3. The van der Waals surface area contributed by atoms with Crippen LogP contribution in [-0.4, -0.2) is 36.3 Å². The van der Waals surface area contributed by atoms with Crippen LogP contribution in [0, 0.1) is 0 Å². The van der Waals surface area contributed by atoms with Crippen molar-refractivity contribution in [2.45, 2.75) is 20.4 Å². The van der Waals surface area contributed by atoms with Gasteiger partial charge in [0.2, 0.25) is 0 Å². The SMILES string of the molecule is CCOc1cccc(CN(CC)CCO)c1. The van der Waals surface area contributed by atoms with E-state index < -0.39 is 0 Å². The van der Waals surface area contributed by atoms with Gasteiger partial charge in [-0.05, 0) is 31.2 Å². The van der Waals surface area contributed by atoms with Crippen molar-refractivity contribution >= 4 is 0 Å². The van der Waals surface area contributed by atoms with E-state index in [4.69, 9.17) is 9.84 Å². The van der Waals surface area contributed by atoms with E-state index in [2.05, 4.69) is 24.0 Å². The van der Waals surface area contributed by atoms with Crippen molar-refractivity contribution in [1.82, 2.24) is 4.90 Å². The zero-order chi connectivity index (χ0) is 11.8. The quantitative estimate of drug-likeness (QED) is 0.766. The molecule has 0 spiro atoms. The zero-order valence-electron chi connectivity index (χ0n) is 10.1. The molecule has 0 aliphatic rings. The van der Waals surface area contributed by atoms with Crippen molar-refractivity contribution in [3.8, 4) is 5.75 Å². The molecule has 0 aromatic heterocycles. The summed E-state index contributed by atoms with van der Waals surface area (Å²) < 4.78 is 5.45. The normalized spacial score (nSPS) is 10.8. The van der Waals surface area contributed by atoms with Gasteiger partial charge in [0.15, 0.2) is 0 Å². The number of aliphatic hydroxyl groups is 1. The average Bonchev–Trinajstić information content (AvgIpc) is 2.29. The lowest BCUT2D eigenvalue weighted by Crippen LogP contribution is -2.26. The summed E-state index contributed by atoms with van der Waals surface area (Å²) in [6, 6.07) is 8.12. The lowest BCUT2D eigenvalue weighted by molar-refractivity contribution is 0.196. The Morgan fingerprint density at radius 1 is 1.31 bits per heavy atom. The van der Waals surface area contributed by atoms with Crippen LogP contribution < -0.4 is 4.74 Å². The fourth-order valence-corrected chi connectivity index (χ4v) is 1.65. The maximum Gasteiger partial charge on any atom is 0.119 e. The lowest BCUT2D eigenvalue weighted by Gasteiger charge is -2.19. The molecule has 0 atom stereocenters. The number of nitrogens with zero attached hydrogens (tertiary/aromatic N) is 1. The molecule has 16 heavy (non-hydrogen) atoms. The summed E-state index contributed by atoms with van der Waals surface area (Å²) in [4.78, 5) is 2.20. The summed E-state index contributed by atoms with van der Waals surface area (Å²) in [7, 11) is 0. The van der Waals surface area contributed by atoms with Gasteiger partial charge in [0, 0.05) is 13.1 Å². The number of ether oxygens (including phenoxy) is 1. The van der Waals surface area contributed by atoms with Crippen LogP contribution in [0.4, 0.5) is 0 Å².